The van der Waals surface area contributed by atoms with E-state index in [1.165, 1.54) is 49.8 Å². The van der Waals surface area contributed by atoms with Gasteiger partial charge in [0.05, 0.1) is 0 Å². The number of hydrogen-bond donors (Lipinski definition) is 0. The summed E-state index contributed by atoms with van der Waals surface area (Å²) in [6.45, 7) is 2.18. The lowest BCUT2D eigenvalue weighted by molar-refractivity contribution is 0.614. The van der Waals surface area contributed by atoms with E-state index in [1.807, 2.05) is 0 Å². The Kier molecular flexibility index (Phi) is 3.18. The maximum atomic E-state index is 4.48. The van der Waals surface area contributed by atoms with E-state index in [1.54, 1.807) is 5.56 Å². The molecule has 1 nitrogen and oxygen atoms in total. The minimum Gasteiger partial charge on any atom is -0.261 e. The Morgan fingerprint density at radius 2 is 1.79 bits per heavy atom. The van der Waals surface area contributed by atoms with Crippen LogP contribution in [0.2, 0.25) is 0 Å². The van der Waals surface area contributed by atoms with Crippen LogP contribution in [0.15, 0.2) is 12.3 Å². The van der Waals surface area contributed by atoms with Gasteiger partial charge in [0.1, 0.15) is 0 Å². The van der Waals surface area contributed by atoms with Crippen LogP contribution in [0.3, 0.4) is 0 Å². The third-order valence-corrected chi connectivity index (χ3v) is 3.14. The van der Waals surface area contributed by atoms with Gasteiger partial charge in [-0.2, -0.15) is 0 Å². The van der Waals surface area contributed by atoms with E-state index in [2.05, 4.69) is 24.2 Å². The van der Waals surface area contributed by atoms with E-state index in [4.69, 9.17) is 0 Å². The number of pyridine rings is 1. The monoisotopic (exact) mass is 189 g/mol. The van der Waals surface area contributed by atoms with Crippen molar-refractivity contribution in [1.82, 2.24) is 4.98 Å². The summed E-state index contributed by atoms with van der Waals surface area (Å²) in [6.07, 6.45) is 11.2. The normalized spacial score (nSPS) is 16.9. The van der Waals surface area contributed by atoms with Crippen LogP contribution < -0.4 is 0 Å². The van der Waals surface area contributed by atoms with E-state index in [0.29, 0.717) is 0 Å². The molecule has 0 saturated heterocycles. The molecule has 0 spiro atoms. The lowest BCUT2D eigenvalue weighted by Crippen LogP contribution is -2.02. The Balaban J connectivity index is 2.26. The zero-order valence-electron chi connectivity index (χ0n) is 9.05. The largest absolute Gasteiger partial charge is 0.261 e. The van der Waals surface area contributed by atoms with Crippen molar-refractivity contribution in [3.63, 3.8) is 0 Å². The Labute approximate surface area is 86.6 Å². The number of aromatic nitrogens is 1. The summed E-state index contributed by atoms with van der Waals surface area (Å²) in [6, 6.07) is 2.32. The molecule has 0 amide bonds. The predicted octanol–water partition coefficient (Wildman–Crippen LogP) is 3.30. The second-order valence-corrected chi connectivity index (χ2v) is 4.21. The average Bonchev–Trinajstić information content (AvgIpc) is 2.18. The third kappa shape index (κ3) is 2.14. The lowest BCUT2D eigenvalue weighted by Gasteiger charge is -2.13. The molecule has 0 atom stereocenters. The molecular weight excluding hydrogens is 170 g/mol. The first-order valence-electron chi connectivity index (χ1n) is 5.87. The van der Waals surface area contributed by atoms with Gasteiger partial charge < -0.3 is 0 Å². The number of aryl methyl sites for hydroxylation is 3. The Bertz CT molecular complexity index is 304. The van der Waals surface area contributed by atoms with Gasteiger partial charge in [0, 0.05) is 11.9 Å². The van der Waals surface area contributed by atoms with Gasteiger partial charge in [-0.05, 0) is 49.3 Å². The molecule has 1 heterocycles. The van der Waals surface area contributed by atoms with E-state index < -0.39 is 0 Å². The van der Waals surface area contributed by atoms with Crippen LogP contribution in [-0.4, -0.2) is 4.98 Å². The van der Waals surface area contributed by atoms with Crippen LogP contribution >= 0.6 is 0 Å². The summed E-state index contributed by atoms with van der Waals surface area (Å²) in [5.41, 5.74) is 4.32. The van der Waals surface area contributed by atoms with Crippen LogP contribution in [0.1, 0.15) is 49.4 Å². The van der Waals surface area contributed by atoms with Gasteiger partial charge in [0.15, 0.2) is 0 Å². The fourth-order valence-corrected chi connectivity index (χ4v) is 2.21. The molecule has 1 aliphatic rings. The summed E-state index contributed by atoms with van der Waals surface area (Å²) in [7, 11) is 0. The predicted molar refractivity (Wildman–Crippen MR) is 59.5 cm³/mol. The molecule has 0 aliphatic heterocycles. The van der Waals surface area contributed by atoms with Crippen molar-refractivity contribution in [1.29, 1.82) is 0 Å². The highest BCUT2D eigenvalue weighted by Crippen LogP contribution is 2.20. The van der Waals surface area contributed by atoms with Gasteiger partial charge in [-0.25, -0.2) is 0 Å². The molecule has 2 rings (SSSR count). The number of rotatable bonds is 1. The van der Waals surface area contributed by atoms with Crippen LogP contribution in [0.4, 0.5) is 0 Å². The average molecular weight is 189 g/mol. The molecule has 76 valence electrons. The SMILES string of the molecule is CCc1cc2c(cn1)CCCCCC2. The van der Waals surface area contributed by atoms with Gasteiger partial charge in [-0.1, -0.05) is 19.8 Å². The molecule has 0 radical (unpaired) electrons. The molecule has 0 bridgehead atoms. The number of nitrogens with zero attached hydrogens (tertiary/aromatic N) is 1. The van der Waals surface area contributed by atoms with Gasteiger partial charge in [0.2, 0.25) is 0 Å². The minimum absolute atomic E-state index is 1.06. The standard InChI is InChI=1S/C13H19N/c1-2-13-9-11-7-5-3-4-6-8-12(11)10-14-13/h9-10H,2-8H2,1H3. The Morgan fingerprint density at radius 1 is 1.07 bits per heavy atom. The maximum Gasteiger partial charge on any atom is 0.0403 e. The van der Waals surface area contributed by atoms with Crippen molar-refractivity contribution >= 4 is 0 Å². The molecule has 1 aliphatic carbocycles. The Morgan fingerprint density at radius 3 is 2.50 bits per heavy atom. The second kappa shape index (κ2) is 4.59. The minimum atomic E-state index is 1.06. The van der Waals surface area contributed by atoms with Crippen LogP contribution in [0, 0.1) is 0 Å². The molecule has 1 aromatic rings. The topological polar surface area (TPSA) is 12.9 Å². The maximum absolute atomic E-state index is 4.48. The fraction of sp³-hybridized carbons (Fsp3) is 0.615. The van der Waals surface area contributed by atoms with Gasteiger partial charge in [-0.15, -0.1) is 0 Å². The molecular formula is C13H19N. The molecule has 0 fully saturated rings. The zero-order valence-corrected chi connectivity index (χ0v) is 9.05. The van der Waals surface area contributed by atoms with Crippen molar-refractivity contribution in [3.8, 4) is 0 Å². The van der Waals surface area contributed by atoms with E-state index in [9.17, 15) is 0 Å². The van der Waals surface area contributed by atoms with Gasteiger partial charge >= 0.3 is 0 Å². The quantitative estimate of drug-likeness (QED) is 0.660. The molecule has 0 unspecified atom stereocenters. The highest BCUT2D eigenvalue weighted by atomic mass is 14.7. The molecule has 0 saturated carbocycles. The molecule has 0 N–H and O–H groups in total. The van der Waals surface area contributed by atoms with Crippen molar-refractivity contribution in [2.24, 2.45) is 0 Å². The van der Waals surface area contributed by atoms with Crippen molar-refractivity contribution in [2.75, 3.05) is 0 Å². The lowest BCUT2D eigenvalue weighted by atomic mass is 9.94. The third-order valence-electron chi connectivity index (χ3n) is 3.14. The van der Waals surface area contributed by atoms with E-state index in [0.717, 1.165) is 6.42 Å². The van der Waals surface area contributed by atoms with Crippen LogP contribution in [0.25, 0.3) is 0 Å². The van der Waals surface area contributed by atoms with E-state index >= 15 is 0 Å². The fourth-order valence-electron chi connectivity index (χ4n) is 2.21. The van der Waals surface area contributed by atoms with Crippen LogP contribution in [0.5, 0.6) is 0 Å². The smallest absolute Gasteiger partial charge is 0.0403 e. The first kappa shape index (κ1) is 9.70. The summed E-state index contributed by atoms with van der Waals surface area (Å²) < 4.78 is 0. The van der Waals surface area contributed by atoms with Gasteiger partial charge in [0.25, 0.3) is 0 Å². The highest BCUT2D eigenvalue weighted by Gasteiger charge is 2.07. The first-order valence-corrected chi connectivity index (χ1v) is 5.87. The number of fused-ring (bicyclic) bond motifs is 1. The summed E-state index contributed by atoms with van der Waals surface area (Å²) in [5, 5.41) is 0. The summed E-state index contributed by atoms with van der Waals surface area (Å²) in [4.78, 5) is 4.48. The van der Waals surface area contributed by atoms with Crippen molar-refractivity contribution in [3.05, 3.63) is 29.1 Å². The number of hydrogen-bond acceptors (Lipinski definition) is 1. The Hall–Kier alpha value is -0.850. The second-order valence-electron chi connectivity index (χ2n) is 4.21. The van der Waals surface area contributed by atoms with Crippen molar-refractivity contribution in [2.45, 2.75) is 51.9 Å². The molecule has 0 aromatic carbocycles. The molecule has 1 aromatic heterocycles. The van der Waals surface area contributed by atoms with Gasteiger partial charge in [-0.3, -0.25) is 4.98 Å². The summed E-state index contributed by atoms with van der Waals surface area (Å²) in [5.74, 6) is 0. The first-order chi connectivity index (χ1) is 6.90. The van der Waals surface area contributed by atoms with E-state index in [-0.39, 0.29) is 0 Å². The molecule has 1 heteroatoms. The molecule has 14 heavy (non-hydrogen) atoms. The zero-order chi connectivity index (χ0) is 9.80. The highest BCUT2D eigenvalue weighted by molar-refractivity contribution is 5.27. The summed E-state index contributed by atoms with van der Waals surface area (Å²) >= 11 is 0. The van der Waals surface area contributed by atoms with Crippen molar-refractivity contribution < 1.29 is 0 Å². The van der Waals surface area contributed by atoms with Crippen LogP contribution in [-0.2, 0) is 19.3 Å².